The summed E-state index contributed by atoms with van der Waals surface area (Å²) in [5.41, 5.74) is 0. The van der Waals surface area contributed by atoms with Crippen LogP contribution in [0.25, 0.3) is 0 Å². The number of carbonyl (C=O) groups is 1. The Hall–Kier alpha value is -1.39. The molecule has 1 fully saturated rings. The summed E-state index contributed by atoms with van der Waals surface area (Å²) in [4.78, 5) is 15.5. The molecule has 1 heterocycles. The van der Waals surface area contributed by atoms with Crippen molar-refractivity contribution in [2.75, 3.05) is 6.61 Å². The monoisotopic (exact) mass is 209 g/mol. The van der Waals surface area contributed by atoms with Crippen molar-refractivity contribution in [2.24, 2.45) is 0 Å². The Bertz CT molecular complexity index is 342. The van der Waals surface area contributed by atoms with Crippen molar-refractivity contribution < 1.29 is 9.53 Å². The lowest BCUT2D eigenvalue weighted by Crippen LogP contribution is -2.07. The number of hydrogen-bond acceptors (Lipinski definition) is 4. The van der Waals surface area contributed by atoms with Gasteiger partial charge in [-0.25, -0.2) is 9.78 Å². The molecule has 82 valence electrons. The Balaban J connectivity index is 2.06. The van der Waals surface area contributed by atoms with Crippen LogP contribution in [0.15, 0.2) is 0 Å². The molecular formula is C10H15N3O2. The first-order valence-electron chi connectivity index (χ1n) is 5.40. The Morgan fingerprint density at radius 3 is 2.93 bits per heavy atom. The van der Waals surface area contributed by atoms with Crippen molar-refractivity contribution in [3.8, 4) is 0 Å². The average Bonchev–Trinajstić information content (AvgIpc) is 2.89. The molecule has 1 aromatic rings. The SMILES string of the molecule is CCOC(=O)c1n[nH]c(C2CCCC2)n1. The largest absolute Gasteiger partial charge is 0.460 e. The fraction of sp³-hybridized carbons (Fsp3) is 0.700. The molecule has 0 atom stereocenters. The maximum absolute atomic E-state index is 11.3. The van der Waals surface area contributed by atoms with Gasteiger partial charge >= 0.3 is 5.97 Å². The standard InChI is InChI=1S/C10H15N3O2/c1-2-15-10(14)9-11-8(12-13-9)7-5-3-4-6-7/h7H,2-6H2,1H3,(H,11,12,13). The van der Waals surface area contributed by atoms with Crippen molar-refractivity contribution in [1.82, 2.24) is 15.2 Å². The van der Waals surface area contributed by atoms with Crippen LogP contribution >= 0.6 is 0 Å². The molecule has 1 aliphatic carbocycles. The summed E-state index contributed by atoms with van der Waals surface area (Å²) in [5.74, 6) is 0.980. The predicted molar refractivity (Wildman–Crippen MR) is 53.5 cm³/mol. The summed E-state index contributed by atoms with van der Waals surface area (Å²) in [6, 6.07) is 0. The molecule has 1 aromatic heterocycles. The third kappa shape index (κ3) is 2.16. The molecule has 15 heavy (non-hydrogen) atoms. The van der Waals surface area contributed by atoms with E-state index in [1.54, 1.807) is 6.92 Å². The maximum Gasteiger partial charge on any atom is 0.378 e. The molecule has 0 saturated heterocycles. The van der Waals surface area contributed by atoms with Crippen LogP contribution in [0, 0.1) is 0 Å². The molecule has 0 amide bonds. The molecular weight excluding hydrogens is 194 g/mol. The number of nitrogens with one attached hydrogen (secondary N) is 1. The van der Waals surface area contributed by atoms with Crippen LogP contribution in [0.2, 0.25) is 0 Å². The molecule has 2 rings (SSSR count). The van der Waals surface area contributed by atoms with Crippen LogP contribution in [0.5, 0.6) is 0 Å². The fourth-order valence-electron chi connectivity index (χ4n) is 1.94. The molecule has 0 radical (unpaired) electrons. The third-order valence-electron chi connectivity index (χ3n) is 2.70. The summed E-state index contributed by atoms with van der Waals surface area (Å²) in [6.45, 7) is 2.12. The average molecular weight is 209 g/mol. The van der Waals surface area contributed by atoms with E-state index in [9.17, 15) is 4.79 Å². The van der Waals surface area contributed by atoms with Gasteiger partial charge in [0.1, 0.15) is 5.82 Å². The molecule has 5 nitrogen and oxygen atoms in total. The Labute approximate surface area is 88.2 Å². The van der Waals surface area contributed by atoms with E-state index in [4.69, 9.17) is 4.74 Å². The number of esters is 1. The van der Waals surface area contributed by atoms with Gasteiger partial charge < -0.3 is 4.74 Å². The highest BCUT2D eigenvalue weighted by Gasteiger charge is 2.22. The van der Waals surface area contributed by atoms with Gasteiger partial charge in [0.25, 0.3) is 5.82 Å². The summed E-state index contributed by atoms with van der Waals surface area (Å²) in [7, 11) is 0. The smallest absolute Gasteiger partial charge is 0.378 e. The van der Waals surface area contributed by atoms with E-state index in [1.165, 1.54) is 12.8 Å². The second-order valence-electron chi connectivity index (χ2n) is 3.75. The zero-order chi connectivity index (χ0) is 10.7. The molecule has 5 heteroatoms. The highest BCUT2D eigenvalue weighted by atomic mass is 16.5. The van der Waals surface area contributed by atoms with Crippen LogP contribution in [0.1, 0.15) is 55.0 Å². The highest BCUT2D eigenvalue weighted by Crippen LogP contribution is 2.31. The number of hydrogen-bond donors (Lipinski definition) is 1. The van der Waals surface area contributed by atoms with Gasteiger partial charge in [0.15, 0.2) is 0 Å². The van der Waals surface area contributed by atoms with Crippen LogP contribution in [-0.4, -0.2) is 27.8 Å². The minimum atomic E-state index is -0.446. The molecule has 1 aliphatic rings. The van der Waals surface area contributed by atoms with Crippen LogP contribution < -0.4 is 0 Å². The fourth-order valence-corrected chi connectivity index (χ4v) is 1.94. The Morgan fingerprint density at radius 2 is 2.27 bits per heavy atom. The molecule has 1 N–H and O–H groups in total. The van der Waals surface area contributed by atoms with Crippen LogP contribution in [-0.2, 0) is 4.74 Å². The Kier molecular flexibility index (Phi) is 2.99. The van der Waals surface area contributed by atoms with Gasteiger partial charge in [0, 0.05) is 5.92 Å². The van der Waals surface area contributed by atoms with Gasteiger partial charge in [-0.05, 0) is 19.8 Å². The zero-order valence-corrected chi connectivity index (χ0v) is 8.82. The van der Waals surface area contributed by atoms with Crippen LogP contribution in [0.4, 0.5) is 0 Å². The van der Waals surface area contributed by atoms with Crippen LogP contribution in [0.3, 0.4) is 0 Å². The quantitative estimate of drug-likeness (QED) is 0.768. The van der Waals surface area contributed by atoms with E-state index in [0.717, 1.165) is 18.7 Å². The van der Waals surface area contributed by atoms with Crippen molar-refractivity contribution in [3.63, 3.8) is 0 Å². The number of H-pyrrole nitrogens is 1. The van der Waals surface area contributed by atoms with E-state index in [1.807, 2.05) is 0 Å². The zero-order valence-electron chi connectivity index (χ0n) is 8.82. The minimum Gasteiger partial charge on any atom is -0.460 e. The summed E-state index contributed by atoms with van der Waals surface area (Å²) in [5, 5.41) is 6.69. The molecule has 1 saturated carbocycles. The predicted octanol–water partition coefficient (Wildman–Crippen LogP) is 1.64. The number of rotatable bonds is 3. The number of aromatic nitrogens is 3. The minimum absolute atomic E-state index is 0.152. The van der Waals surface area contributed by atoms with Gasteiger partial charge in [-0.3, -0.25) is 5.10 Å². The van der Waals surface area contributed by atoms with Gasteiger partial charge in [-0.2, -0.15) is 0 Å². The van der Waals surface area contributed by atoms with E-state index in [0.29, 0.717) is 12.5 Å². The summed E-state index contributed by atoms with van der Waals surface area (Å²) < 4.78 is 4.82. The summed E-state index contributed by atoms with van der Waals surface area (Å²) >= 11 is 0. The third-order valence-corrected chi connectivity index (χ3v) is 2.70. The van der Waals surface area contributed by atoms with Gasteiger partial charge in [0.05, 0.1) is 6.61 Å². The first kappa shape index (κ1) is 10.1. The first-order valence-corrected chi connectivity index (χ1v) is 5.40. The van der Waals surface area contributed by atoms with E-state index in [-0.39, 0.29) is 5.82 Å². The topological polar surface area (TPSA) is 67.9 Å². The molecule has 0 aliphatic heterocycles. The molecule has 0 bridgehead atoms. The Morgan fingerprint density at radius 1 is 1.53 bits per heavy atom. The normalized spacial score (nSPS) is 16.9. The van der Waals surface area contributed by atoms with Crippen molar-refractivity contribution in [1.29, 1.82) is 0 Å². The molecule has 0 unspecified atom stereocenters. The van der Waals surface area contributed by atoms with Crippen molar-refractivity contribution in [2.45, 2.75) is 38.5 Å². The highest BCUT2D eigenvalue weighted by molar-refractivity contribution is 5.84. The number of ether oxygens (including phenoxy) is 1. The van der Waals surface area contributed by atoms with E-state index >= 15 is 0 Å². The lowest BCUT2D eigenvalue weighted by atomic mass is 10.1. The van der Waals surface area contributed by atoms with Crippen molar-refractivity contribution >= 4 is 5.97 Å². The lowest BCUT2D eigenvalue weighted by molar-refractivity contribution is 0.0512. The summed E-state index contributed by atoms with van der Waals surface area (Å²) in [6.07, 6.45) is 4.75. The number of aromatic amines is 1. The maximum atomic E-state index is 11.3. The molecule has 0 spiro atoms. The van der Waals surface area contributed by atoms with E-state index < -0.39 is 5.97 Å². The molecule has 0 aromatic carbocycles. The number of carbonyl (C=O) groups excluding carboxylic acids is 1. The number of nitrogens with zero attached hydrogens (tertiary/aromatic N) is 2. The lowest BCUT2D eigenvalue weighted by Gasteiger charge is -2.01. The van der Waals surface area contributed by atoms with Gasteiger partial charge in [-0.1, -0.05) is 12.8 Å². The second kappa shape index (κ2) is 4.42. The van der Waals surface area contributed by atoms with Crippen molar-refractivity contribution in [3.05, 3.63) is 11.6 Å². The van der Waals surface area contributed by atoms with E-state index in [2.05, 4.69) is 15.2 Å². The van der Waals surface area contributed by atoms with Gasteiger partial charge in [0.2, 0.25) is 0 Å². The second-order valence-corrected chi connectivity index (χ2v) is 3.75. The first-order chi connectivity index (χ1) is 7.31. The van der Waals surface area contributed by atoms with Gasteiger partial charge in [-0.15, -0.1) is 5.10 Å².